The quantitative estimate of drug-likeness (QED) is 0.834. The van der Waals surface area contributed by atoms with E-state index in [0.29, 0.717) is 6.04 Å². The van der Waals surface area contributed by atoms with Gasteiger partial charge in [0.2, 0.25) is 0 Å². The van der Waals surface area contributed by atoms with Crippen LogP contribution in [0.5, 0.6) is 0 Å². The summed E-state index contributed by atoms with van der Waals surface area (Å²) in [6.07, 6.45) is 4.11. The molecule has 0 aromatic carbocycles. The Balaban J connectivity index is 2.15. The Labute approximate surface area is 133 Å². The van der Waals surface area contributed by atoms with Gasteiger partial charge in [-0.1, -0.05) is 0 Å². The number of rotatable bonds is 2. The van der Waals surface area contributed by atoms with E-state index in [-0.39, 0.29) is 0 Å². The Bertz CT molecular complexity index is 710. The predicted molar refractivity (Wildman–Crippen MR) is 86.8 cm³/mol. The van der Waals surface area contributed by atoms with E-state index in [1.165, 1.54) is 0 Å². The Morgan fingerprint density at radius 3 is 2.76 bits per heavy atom. The molecule has 0 aliphatic carbocycles. The van der Waals surface area contributed by atoms with E-state index in [2.05, 4.69) is 44.5 Å². The predicted octanol–water partition coefficient (Wildman–Crippen LogP) is 3.50. The fraction of sp³-hybridized carbons (Fsp3) is 0.438. The van der Waals surface area contributed by atoms with Crippen molar-refractivity contribution >= 4 is 27.3 Å². The average molecular weight is 348 g/mol. The highest BCUT2D eigenvalue weighted by Gasteiger charge is 2.23. The summed E-state index contributed by atoms with van der Waals surface area (Å²) in [7, 11) is 2.12. The molecule has 21 heavy (non-hydrogen) atoms. The van der Waals surface area contributed by atoms with Crippen LogP contribution in [0, 0.1) is 18.3 Å². The first-order valence-corrected chi connectivity index (χ1v) is 7.93. The molecule has 3 heterocycles. The summed E-state index contributed by atoms with van der Waals surface area (Å²) >= 11 is 3.53. The van der Waals surface area contributed by atoms with Gasteiger partial charge in [-0.2, -0.15) is 5.26 Å². The lowest BCUT2D eigenvalue weighted by Gasteiger charge is -2.34. The average Bonchev–Trinajstić information content (AvgIpc) is 2.86. The van der Waals surface area contributed by atoms with Crippen LogP contribution in [-0.4, -0.2) is 30.7 Å². The zero-order valence-electron chi connectivity index (χ0n) is 12.3. The second-order valence-electron chi connectivity index (χ2n) is 5.53. The molecule has 5 heteroatoms. The summed E-state index contributed by atoms with van der Waals surface area (Å²) in [5, 5.41) is 9.39. The standard InChI is InChI=1S/C16H18BrN3O/c1-11-12(9-18)7-15-8-13(17)10-20(15)16(11)19(2)14-3-5-21-6-4-14/h7-8,10,14H,3-6H2,1-2H3. The van der Waals surface area contributed by atoms with Gasteiger partial charge >= 0.3 is 0 Å². The van der Waals surface area contributed by atoms with Crippen molar-refractivity contribution in [1.82, 2.24) is 4.40 Å². The first-order valence-electron chi connectivity index (χ1n) is 7.13. The zero-order chi connectivity index (χ0) is 15.0. The van der Waals surface area contributed by atoms with Crippen LogP contribution < -0.4 is 4.90 Å². The van der Waals surface area contributed by atoms with Crippen molar-refractivity contribution in [3.05, 3.63) is 33.9 Å². The largest absolute Gasteiger partial charge is 0.381 e. The molecule has 2 aromatic heterocycles. The van der Waals surface area contributed by atoms with Gasteiger partial charge in [0, 0.05) is 48.1 Å². The molecule has 3 rings (SSSR count). The summed E-state index contributed by atoms with van der Waals surface area (Å²) in [4.78, 5) is 2.30. The van der Waals surface area contributed by atoms with Crippen molar-refractivity contribution in [2.45, 2.75) is 25.8 Å². The molecule has 0 unspecified atom stereocenters. The zero-order valence-corrected chi connectivity index (χ0v) is 13.9. The fourth-order valence-corrected chi connectivity index (χ4v) is 3.53. The minimum atomic E-state index is 0.454. The summed E-state index contributed by atoms with van der Waals surface area (Å²) in [5.41, 5.74) is 2.81. The van der Waals surface area contributed by atoms with E-state index >= 15 is 0 Å². The van der Waals surface area contributed by atoms with Crippen molar-refractivity contribution in [3.8, 4) is 6.07 Å². The minimum Gasteiger partial charge on any atom is -0.381 e. The summed E-state index contributed by atoms with van der Waals surface area (Å²) in [6, 6.07) is 6.76. The van der Waals surface area contributed by atoms with Gasteiger partial charge in [0.1, 0.15) is 5.82 Å². The van der Waals surface area contributed by atoms with E-state index in [9.17, 15) is 5.26 Å². The molecule has 0 amide bonds. The van der Waals surface area contributed by atoms with Crippen LogP contribution in [0.15, 0.2) is 22.8 Å². The van der Waals surface area contributed by atoms with Gasteiger partial charge in [-0.05, 0) is 47.8 Å². The maximum Gasteiger partial charge on any atom is 0.117 e. The van der Waals surface area contributed by atoms with E-state index in [1.807, 2.05) is 19.1 Å². The monoisotopic (exact) mass is 347 g/mol. The first kappa shape index (κ1) is 14.4. The number of aromatic nitrogens is 1. The fourth-order valence-electron chi connectivity index (χ4n) is 3.09. The Hall–Kier alpha value is -1.51. The molecule has 0 saturated carbocycles. The highest BCUT2D eigenvalue weighted by atomic mass is 79.9. The van der Waals surface area contributed by atoms with Gasteiger partial charge in [-0.3, -0.25) is 0 Å². The van der Waals surface area contributed by atoms with Crippen molar-refractivity contribution < 1.29 is 4.74 Å². The third-order valence-electron chi connectivity index (χ3n) is 4.27. The van der Waals surface area contributed by atoms with Crippen LogP contribution in [0.2, 0.25) is 0 Å². The molecule has 0 atom stereocenters. The van der Waals surface area contributed by atoms with Crippen LogP contribution in [0.1, 0.15) is 24.0 Å². The van der Waals surface area contributed by atoms with Gasteiger partial charge in [-0.25, -0.2) is 0 Å². The first-order chi connectivity index (χ1) is 10.1. The molecule has 0 spiro atoms. The lowest BCUT2D eigenvalue weighted by molar-refractivity contribution is 0.0853. The lowest BCUT2D eigenvalue weighted by atomic mass is 10.1. The lowest BCUT2D eigenvalue weighted by Crippen LogP contribution is -2.38. The third-order valence-corrected chi connectivity index (χ3v) is 4.70. The molecule has 2 aromatic rings. The van der Waals surface area contributed by atoms with Crippen molar-refractivity contribution in [1.29, 1.82) is 5.26 Å². The number of hydrogen-bond donors (Lipinski definition) is 0. The highest BCUT2D eigenvalue weighted by Crippen LogP contribution is 2.30. The maximum atomic E-state index is 9.39. The Morgan fingerprint density at radius 2 is 2.10 bits per heavy atom. The molecular weight excluding hydrogens is 330 g/mol. The molecule has 1 aliphatic heterocycles. The van der Waals surface area contributed by atoms with Crippen LogP contribution in [0.4, 0.5) is 5.82 Å². The van der Waals surface area contributed by atoms with Gasteiger partial charge in [0.25, 0.3) is 0 Å². The van der Waals surface area contributed by atoms with Crippen molar-refractivity contribution in [3.63, 3.8) is 0 Å². The number of pyridine rings is 1. The van der Waals surface area contributed by atoms with Crippen LogP contribution in [0.25, 0.3) is 5.52 Å². The number of nitriles is 1. The molecular formula is C16H18BrN3O. The Kier molecular flexibility index (Phi) is 3.92. The smallest absolute Gasteiger partial charge is 0.117 e. The maximum absolute atomic E-state index is 9.39. The van der Waals surface area contributed by atoms with Crippen molar-refractivity contribution in [2.75, 3.05) is 25.2 Å². The second kappa shape index (κ2) is 5.70. The van der Waals surface area contributed by atoms with E-state index < -0.39 is 0 Å². The van der Waals surface area contributed by atoms with Crippen LogP contribution >= 0.6 is 15.9 Å². The Morgan fingerprint density at radius 1 is 1.38 bits per heavy atom. The molecule has 0 N–H and O–H groups in total. The SMILES string of the molecule is Cc1c(C#N)cc2cc(Br)cn2c1N(C)C1CCOCC1. The third kappa shape index (κ3) is 2.54. The van der Waals surface area contributed by atoms with Gasteiger partial charge in [0.05, 0.1) is 11.6 Å². The highest BCUT2D eigenvalue weighted by molar-refractivity contribution is 9.10. The van der Waals surface area contributed by atoms with E-state index in [4.69, 9.17) is 4.74 Å². The number of halogens is 1. The van der Waals surface area contributed by atoms with Crippen molar-refractivity contribution in [2.24, 2.45) is 0 Å². The molecule has 110 valence electrons. The number of fused-ring (bicyclic) bond motifs is 1. The van der Waals surface area contributed by atoms with Gasteiger partial charge in [0.15, 0.2) is 0 Å². The molecule has 1 fully saturated rings. The van der Waals surface area contributed by atoms with Crippen LogP contribution in [0.3, 0.4) is 0 Å². The van der Waals surface area contributed by atoms with Crippen LogP contribution in [-0.2, 0) is 4.74 Å². The number of nitrogens with zero attached hydrogens (tertiary/aromatic N) is 3. The molecule has 4 nitrogen and oxygen atoms in total. The van der Waals surface area contributed by atoms with Gasteiger partial charge < -0.3 is 14.0 Å². The molecule has 0 radical (unpaired) electrons. The molecule has 0 bridgehead atoms. The molecule has 1 aliphatic rings. The molecule has 1 saturated heterocycles. The van der Waals surface area contributed by atoms with E-state index in [1.54, 1.807) is 0 Å². The summed E-state index contributed by atoms with van der Waals surface area (Å²) in [5.74, 6) is 1.10. The van der Waals surface area contributed by atoms with E-state index in [0.717, 1.165) is 53.0 Å². The topological polar surface area (TPSA) is 40.7 Å². The number of anilines is 1. The minimum absolute atomic E-state index is 0.454. The number of hydrogen-bond acceptors (Lipinski definition) is 3. The normalized spacial score (nSPS) is 16.1. The van der Waals surface area contributed by atoms with Gasteiger partial charge in [-0.15, -0.1) is 0 Å². The number of ether oxygens (including phenoxy) is 1. The summed E-state index contributed by atoms with van der Waals surface area (Å²) < 4.78 is 8.65. The summed E-state index contributed by atoms with van der Waals surface area (Å²) in [6.45, 7) is 3.64. The second-order valence-corrected chi connectivity index (χ2v) is 6.44.